The average Bonchev–Trinajstić information content (AvgIpc) is 2.02. The molecule has 1 aromatic rings. The van der Waals surface area contributed by atoms with E-state index in [1.165, 1.54) is 0 Å². The van der Waals surface area contributed by atoms with Crippen LogP contribution in [0.5, 0.6) is 0 Å². The van der Waals surface area contributed by atoms with E-state index in [0.717, 1.165) is 21.7 Å². The number of aliphatic carboxylic acids is 1. The van der Waals surface area contributed by atoms with Gasteiger partial charge < -0.3 is 5.11 Å². The molecule has 1 rings (SSSR count). The fraction of sp³-hybridized carbons (Fsp3) is 0.100. The van der Waals surface area contributed by atoms with E-state index in [2.05, 4.69) is 15.9 Å². The summed E-state index contributed by atoms with van der Waals surface area (Å²) in [6.07, 6.45) is 2.72. The number of benzene rings is 1. The van der Waals surface area contributed by atoms with Crippen molar-refractivity contribution in [3.8, 4) is 0 Å². The molecule has 0 spiro atoms. The van der Waals surface area contributed by atoms with Crippen molar-refractivity contribution in [2.75, 3.05) is 0 Å². The molecule has 0 heterocycles. The molecule has 1 aromatic carbocycles. The Morgan fingerprint density at radius 1 is 1.54 bits per heavy atom. The van der Waals surface area contributed by atoms with Crippen LogP contribution in [0, 0.1) is 6.92 Å². The maximum absolute atomic E-state index is 10.3. The van der Waals surface area contributed by atoms with E-state index in [1.54, 1.807) is 6.08 Å². The lowest BCUT2D eigenvalue weighted by molar-refractivity contribution is -0.131. The third-order valence-electron chi connectivity index (χ3n) is 1.64. The predicted octanol–water partition coefficient (Wildman–Crippen LogP) is 2.86. The van der Waals surface area contributed by atoms with Crippen LogP contribution in [0.1, 0.15) is 11.1 Å². The highest BCUT2D eigenvalue weighted by atomic mass is 79.9. The molecule has 0 aliphatic rings. The highest BCUT2D eigenvalue weighted by Crippen LogP contribution is 2.16. The standard InChI is InChI=1S/C10H9BrO2/c1-7-6-9(11)4-2-8(7)3-5-10(12)13/h2-6H,1H3,(H,12,13). The number of carboxylic acid groups (broad SMARTS) is 1. The Morgan fingerprint density at radius 2 is 2.23 bits per heavy atom. The lowest BCUT2D eigenvalue weighted by Crippen LogP contribution is -1.87. The molecule has 0 bridgehead atoms. The van der Waals surface area contributed by atoms with Crippen LogP contribution in [0.15, 0.2) is 28.7 Å². The summed E-state index contributed by atoms with van der Waals surface area (Å²) >= 11 is 3.34. The number of aryl methyl sites for hydroxylation is 1. The zero-order valence-electron chi connectivity index (χ0n) is 7.12. The quantitative estimate of drug-likeness (QED) is 0.808. The van der Waals surface area contributed by atoms with Crippen LogP contribution in [-0.4, -0.2) is 11.1 Å². The minimum atomic E-state index is -0.928. The summed E-state index contributed by atoms with van der Waals surface area (Å²) in [6.45, 7) is 1.94. The van der Waals surface area contributed by atoms with E-state index in [0.29, 0.717) is 0 Å². The summed E-state index contributed by atoms with van der Waals surface area (Å²) in [7, 11) is 0. The van der Waals surface area contributed by atoms with Crippen molar-refractivity contribution in [3.05, 3.63) is 39.9 Å². The molecule has 0 aromatic heterocycles. The van der Waals surface area contributed by atoms with Gasteiger partial charge in [-0.2, -0.15) is 0 Å². The van der Waals surface area contributed by atoms with Crippen molar-refractivity contribution >= 4 is 28.0 Å². The molecule has 13 heavy (non-hydrogen) atoms. The van der Waals surface area contributed by atoms with Gasteiger partial charge in [-0.15, -0.1) is 0 Å². The lowest BCUT2D eigenvalue weighted by Gasteiger charge is -1.99. The summed E-state index contributed by atoms with van der Waals surface area (Å²) in [5.74, 6) is -0.928. The first-order chi connectivity index (χ1) is 6.09. The average molecular weight is 241 g/mol. The van der Waals surface area contributed by atoms with Crippen LogP contribution in [-0.2, 0) is 4.79 Å². The molecular weight excluding hydrogens is 232 g/mol. The van der Waals surface area contributed by atoms with E-state index in [1.807, 2.05) is 25.1 Å². The largest absolute Gasteiger partial charge is 0.478 e. The number of carbonyl (C=O) groups is 1. The van der Waals surface area contributed by atoms with Gasteiger partial charge in [0.25, 0.3) is 0 Å². The second-order valence-corrected chi connectivity index (χ2v) is 3.59. The smallest absolute Gasteiger partial charge is 0.328 e. The summed E-state index contributed by atoms with van der Waals surface area (Å²) in [5.41, 5.74) is 1.97. The van der Waals surface area contributed by atoms with Crippen LogP contribution >= 0.6 is 15.9 Å². The molecular formula is C10H9BrO2. The molecule has 0 fully saturated rings. The van der Waals surface area contributed by atoms with Crippen molar-refractivity contribution in [1.29, 1.82) is 0 Å². The Kier molecular flexibility index (Phi) is 3.25. The molecule has 0 atom stereocenters. The van der Waals surface area contributed by atoms with Gasteiger partial charge in [0.1, 0.15) is 0 Å². The first-order valence-corrected chi connectivity index (χ1v) is 4.56. The Hall–Kier alpha value is -1.09. The van der Waals surface area contributed by atoms with Gasteiger partial charge in [-0.3, -0.25) is 0 Å². The Labute approximate surface area is 85.0 Å². The number of hydrogen-bond donors (Lipinski definition) is 1. The Balaban J connectivity index is 2.96. The number of hydrogen-bond acceptors (Lipinski definition) is 1. The number of carboxylic acids is 1. The van der Waals surface area contributed by atoms with Gasteiger partial charge in [0.05, 0.1) is 0 Å². The van der Waals surface area contributed by atoms with Crippen LogP contribution < -0.4 is 0 Å². The van der Waals surface area contributed by atoms with Gasteiger partial charge in [0.15, 0.2) is 0 Å². The summed E-state index contributed by atoms with van der Waals surface area (Å²) in [4.78, 5) is 10.3. The third kappa shape index (κ3) is 3.03. The van der Waals surface area contributed by atoms with Crippen molar-refractivity contribution in [3.63, 3.8) is 0 Å². The minimum absolute atomic E-state index is 0.922. The lowest BCUT2D eigenvalue weighted by atomic mass is 10.1. The second-order valence-electron chi connectivity index (χ2n) is 2.67. The Bertz CT molecular complexity index is 356. The van der Waals surface area contributed by atoms with Gasteiger partial charge in [-0.1, -0.05) is 22.0 Å². The Morgan fingerprint density at radius 3 is 2.77 bits per heavy atom. The predicted molar refractivity (Wildman–Crippen MR) is 55.5 cm³/mol. The van der Waals surface area contributed by atoms with Crippen LogP contribution in [0.3, 0.4) is 0 Å². The monoisotopic (exact) mass is 240 g/mol. The van der Waals surface area contributed by atoms with Gasteiger partial charge in [0, 0.05) is 10.5 Å². The molecule has 0 saturated carbocycles. The normalized spacial score (nSPS) is 10.6. The molecule has 0 unspecified atom stereocenters. The highest BCUT2D eigenvalue weighted by molar-refractivity contribution is 9.10. The first-order valence-electron chi connectivity index (χ1n) is 3.77. The SMILES string of the molecule is Cc1cc(Br)ccc1C=CC(=O)O. The topological polar surface area (TPSA) is 37.3 Å². The summed E-state index contributed by atoms with van der Waals surface area (Å²) in [5, 5.41) is 8.42. The van der Waals surface area contributed by atoms with E-state index in [9.17, 15) is 4.79 Å². The van der Waals surface area contributed by atoms with E-state index in [-0.39, 0.29) is 0 Å². The molecule has 68 valence electrons. The highest BCUT2D eigenvalue weighted by Gasteiger charge is 1.95. The zero-order valence-corrected chi connectivity index (χ0v) is 8.71. The molecule has 0 saturated heterocycles. The zero-order chi connectivity index (χ0) is 9.84. The van der Waals surface area contributed by atoms with Crippen molar-refractivity contribution < 1.29 is 9.90 Å². The van der Waals surface area contributed by atoms with E-state index < -0.39 is 5.97 Å². The molecule has 1 N–H and O–H groups in total. The van der Waals surface area contributed by atoms with Crippen molar-refractivity contribution in [2.45, 2.75) is 6.92 Å². The molecule has 0 radical (unpaired) electrons. The maximum atomic E-state index is 10.3. The molecule has 0 aliphatic carbocycles. The van der Waals surface area contributed by atoms with Gasteiger partial charge >= 0.3 is 5.97 Å². The minimum Gasteiger partial charge on any atom is -0.478 e. The van der Waals surface area contributed by atoms with Gasteiger partial charge in [-0.05, 0) is 36.3 Å². The van der Waals surface area contributed by atoms with Crippen LogP contribution in [0.25, 0.3) is 6.08 Å². The van der Waals surface area contributed by atoms with Gasteiger partial charge in [-0.25, -0.2) is 4.79 Å². The first kappa shape index (κ1) is 9.99. The molecule has 0 aliphatic heterocycles. The van der Waals surface area contributed by atoms with Crippen molar-refractivity contribution in [1.82, 2.24) is 0 Å². The summed E-state index contributed by atoms with van der Waals surface area (Å²) in [6, 6.07) is 5.70. The summed E-state index contributed by atoms with van der Waals surface area (Å²) < 4.78 is 0.998. The van der Waals surface area contributed by atoms with Crippen LogP contribution in [0.4, 0.5) is 0 Å². The fourth-order valence-corrected chi connectivity index (χ4v) is 1.46. The number of halogens is 1. The third-order valence-corrected chi connectivity index (χ3v) is 2.13. The van der Waals surface area contributed by atoms with Gasteiger partial charge in [0.2, 0.25) is 0 Å². The molecule has 2 nitrogen and oxygen atoms in total. The van der Waals surface area contributed by atoms with E-state index >= 15 is 0 Å². The molecule has 0 amide bonds. The fourth-order valence-electron chi connectivity index (χ4n) is 0.987. The maximum Gasteiger partial charge on any atom is 0.328 e. The van der Waals surface area contributed by atoms with Crippen molar-refractivity contribution in [2.24, 2.45) is 0 Å². The second kappa shape index (κ2) is 4.23. The van der Waals surface area contributed by atoms with E-state index in [4.69, 9.17) is 5.11 Å². The van der Waals surface area contributed by atoms with Crippen LogP contribution in [0.2, 0.25) is 0 Å². The number of rotatable bonds is 2. The molecule has 3 heteroatoms.